The van der Waals surface area contributed by atoms with Crippen molar-refractivity contribution in [3.8, 4) is 0 Å². The maximum Gasteiger partial charge on any atom is 0.314 e. The predicted octanol–water partition coefficient (Wildman–Crippen LogP) is 1.23. The fraction of sp³-hybridized carbons (Fsp3) is 0.0667. The van der Waals surface area contributed by atoms with E-state index in [4.69, 9.17) is 0 Å². The van der Waals surface area contributed by atoms with E-state index in [1.807, 2.05) is 0 Å². The van der Waals surface area contributed by atoms with Crippen LogP contribution < -0.4 is 15.8 Å². The van der Waals surface area contributed by atoms with Crippen LogP contribution in [0.4, 0.5) is 11.4 Å². The Kier molecular flexibility index (Phi) is 4.08. The van der Waals surface area contributed by atoms with Gasteiger partial charge in [-0.1, -0.05) is 0 Å². The largest absolute Gasteiger partial charge is 0.316 e. The van der Waals surface area contributed by atoms with Crippen LogP contribution in [-0.2, 0) is 10.0 Å². The van der Waals surface area contributed by atoms with Gasteiger partial charge in [0.15, 0.2) is 0 Å². The van der Waals surface area contributed by atoms with Crippen LogP contribution >= 0.6 is 0 Å². The Morgan fingerprint density at radius 1 is 1.00 bits per heavy atom. The molecule has 3 N–H and O–H groups in total. The van der Waals surface area contributed by atoms with Crippen molar-refractivity contribution >= 4 is 32.4 Å². The highest BCUT2D eigenvalue weighted by atomic mass is 32.2. The summed E-state index contributed by atoms with van der Waals surface area (Å²) in [5.41, 5.74) is -0.901. The van der Waals surface area contributed by atoms with Gasteiger partial charge >= 0.3 is 11.1 Å². The average Bonchev–Trinajstić information content (AvgIpc) is 2.57. The van der Waals surface area contributed by atoms with Crippen LogP contribution in [-0.4, -0.2) is 23.3 Å². The number of non-ortho nitro benzene ring substituents is 1. The highest BCUT2D eigenvalue weighted by Gasteiger charge is 2.17. The molecule has 0 aliphatic heterocycles. The number of nitrogens with one attached hydrogen (secondary N) is 3. The van der Waals surface area contributed by atoms with Gasteiger partial charge in [0.2, 0.25) is 0 Å². The number of H-pyrrole nitrogens is 2. The molecule has 1 heterocycles. The molecule has 0 saturated carbocycles. The summed E-state index contributed by atoms with van der Waals surface area (Å²) in [7, 11) is -4.02. The van der Waals surface area contributed by atoms with E-state index < -0.39 is 26.1 Å². The molecule has 0 amide bonds. The third kappa shape index (κ3) is 3.19. The molecule has 0 radical (unpaired) electrons. The van der Waals surface area contributed by atoms with Gasteiger partial charge in [-0.15, -0.1) is 0 Å². The highest BCUT2D eigenvalue weighted by Crippen LogP contribution is 2.24. The highest BCUT2D eigenvalue weighted by molar-refractivity contribution is 7.92. The van der Waals surface area contributed by atoms with Gasteiger partial charge in [-0.3, -0.25) is 24.4 Å². The lowest BCUT2D eigenvalue weighted by molar-refractivity contribution is -0.384. The van der Waals surface area contributed by atoms with Gasteiger partial charge in [0, 0.05) is 12.1 Å². The third-order valence-corrected chi connectivity index (χ3v) is 5.03. The minimum Gasteiger partial charge on any atom is -0.316 e. The smallest absolute Gasteiger partial charge is 0.314 e. The van der Waals surface area contributed by atoms with Crippen molar-refractivity contribution in [1.82, 2.24) is 9.97 Å². The molecule has 0 fully saturated rings. The number of anilines is 1. The maximum atomic E-state index is 12.6. The van der Waals surface area contributed by atoms with Gasteiger partial charge in [0.1, 0.15) is 0 Å². The zero-order chi connectivity index (χ0) is 19.1. The van der Waals surface area contributed by atoms with Gasteiger partial charge < -0.3 is 9.97 Å². The Balaban J connectivity index is 2.02. The second-order valence-corrected chi connectivity index (χ2v) is 7.16. The molecule has 1 aromatic heterocycles. The normalized spacial score (nSPS) is 11.4. The first-order valence-corrected chi connectivity index (χ1v) is 8.70. The average molecular weight is 376 g/mol. The zero-order valence-corrected chi connectivity index (χ0v) is 14.1. The van der Waals surface area contributed by atoms with Crippen LogP contribution in [0.1, 0.15) is 5.56 Å². The van der Waals surface area contributed by atoms with Crippen LogP contribution in [0.2, 0.25) is 0 Å². The Bertz CT molecular complexity index is 1260. The number of rotatable bonds is 4. The van der Waals surface area contributed by atoms with Crippen molar-refractivity contribution < 1.29 is 13.3 Å². The lowest BCUT2D eigenvalue weighted by Crippen LogP contribution is -2.29. The number of aryl methyl sites for hydroxylation is 1. The molecule has 2 aromatic carbocycles. The maximum absolute atomic E-state index is 12.6. The summed E-state index contributed by atoms with van der Waals surface area (Å²) in [6.45, 7) is 1.54. The fourth-order valence-corrected chi connectivity index (χ4v) is 3.50. The molecule has 3 aromatic rings. The van der Waals surface area contributed by atoms with Crippen molar-refractivity contribution in [2.24, 2.45) is 0 Å². The van der Waals surface area contributed by atoms with E-state index in [2.05, 4.69) is 14.7 Å². The summed E-state index contributed by atoms with van der Waals surface area (Å²) in [4.78, 5) is 37.4. The predicted molar refractivity (Wildman–Crippen MR) is 93.8 cm³/mol. The molecule has 11 heteroatoms. The second kappa shape index (κ2) is 6.11. The van der Waals surface area contributed by atoms with E-state index in [-0.39, 0.29) is 27.3 Å². The van der Waals surface area contributed by atoms with E-state index >= 15 is 0 Å². The summed E-state index contributed by atoms with van der Waals surface area (Å²) in [5, 5.41) is 10.8. The number of fused-ring (bicyclic) bond motifs is 1. The first kappa shape index (κ1) is 17.4. The molecule has 0 aliphatic carbocycles. The van der Waals surface area contributed by atoms with Gasteiger partial charge in [-0.2, -0.15) is 0 Å². The van der Waals surface area contributed by atoms with Gasteiger partial charge in [0.25, 0.3) is 15.7 Å². The van der Waals surface area contributed by atoms with E-state index in [1.165, 1.54) is 43.3 Å². The molecule has 134 valence electrons. The van der Waals surface area contributed by atoms with E-state index in [9.17, 15) is 28.1 Å². The molecule has 0 atom stereocenters. The number of aromatic nitrogens is 2. The standard InChI is InChI=1S/C15H12N4O6S/c1-8-6-9(19(22)23)2-4-11(8)18-26(24,25)10-3-5-12-13(7-10)17-15(21)14(20)16-12/h2-7,18H,1H3,(H,16,20)(H,17,21). The number of benzene rings is 2. The van der Waals surface area contributed by atoms with Crippen LogP contribution in [0.15, 0.2) is 50.9 Å². The van der Waals surface area contributed by atoms with Crippen LogP contribution in [0.3, 0.4) is 0 Å². The number of hydrogen-bond acceptors (Lipinski definition) is 6. The van der Waals surface area contributed by atoms with Crippen molar-refractivity contribution in [3.05, 3.63) is 72.8 Å². The first-order valence-electron chi connectivity index (χ1n) is 7.21. The fourth-order valence-electron chi connectivity index (χ4n) is 2.34. The van der Waals surface area contributed by atoms with Gasteiger partial charge in [-0.25, -0.2) is 8.42 Å². The van der Waals surface area contributed by atoms with Crippen molar-refractivity contribution in [3.63, 3.8) is 0 Å². The summed E-state index contributed by atoms with van der Waals surface area (Å²) in [6, 6.07) is 7.55. The zero-order valence-electron chi connectivity index (χ0n) is 13.3. The molecule has 3 rings (SSSR count). The van der Waals surface area contributed by atoms with Crippen LogP contribution in [0.5, 0.6) is 0 Å². The minimum atomic E-state index is -4.02. The SMILES string of the molecule is Cc1cc([N+](=O)[O-])ccc1NS(=O)(=O)c1ccc2[nH]c(=O)c(=O)[nH]c2c1. The molecule has 0 bridgehead atoms. The quantitative estimate of drug-likeness (QED) is 0.353. The first-order chi connectivity index (χ1) is 12.2. The van der Waals surface area contributed by atoms with Crippen LogP contribution in [0, 0.1) is 17.0 Å². The monoisotopic (exact) mass is 376 g/mol. The topological polar surface area (TPSA) is 155 Å². The lowest BCUT2D eigenvalue weighted by Gasteiger charge is -2.11. The van der Waals surface area contributed by atoms with Gasteiger partial charge in [0.05, 0.1) is 26.5 Å². The van der Waals surface area contributed by atoms with E-state index in [0.29, 0.717) is 5.56 Å². The summed E-state index contributed by atoms with van der Waals surface area (Å²) >= 11 is 0. The van der Waals surface area contributed by atoms with Crippen molar-refractivity contribution in [2.45, 2.75) is 11.8 Å². The molecule has 0 aliphatic rings. The van der Waals surface area contributed by atoms with Crippen LogP contribution in [0.25, 0.3) is 11.0 Å². The number of nitrogens with zero attached hydrogens (tertiary/aromatic N) is 1. The summed E-state index contributed by atoms with van der Waals surface area (Å²) < 4.78 is 27.5. The molecule has 10 nitrogen and oxygen atoms in total. The Hall–Kier alpha value is -3.47. The van der Waals surface area contributed by atoms with Crippen molar-refractivity contribution in [2.75, 3.05) is 4.72 Å². The number of hydrogen-bond donors (Lipinski definition) is 3. The summed E-state index contributed by atoms with van der Waals surface area (Å²) in [6.07, 6.45) is 0. The number of aromatic amines is 2. The summed E-state index contributed by atoms with van der Waals surface area (Å²) in [5.74, 6) is 0. The Morgan fingerprint density at radius 2 is 1.65 bits per heavy atom. The molecular weight excluding hydrogens is 364 g/mol. The van der Waals surface area contributed by atoms with E-state index in [1.54, 1.807) is 0 Å². The molecule has 0 saturated heterocycles. The second-order valence-electron chi connectivity index (χ2n) is 5.48. The number of sulfonamides is 1. The van der Waals surface area contributed by atoms with Gasteiger partial charge in [-0.05, 0) is 36.8 Å². The van der Waals surface area contributed by atoms with Crippen molar-refractivity contribution in [1.29, 1.82) is 0 Å². The number of nitro benzene ring substituents is 1. The Morgan fingerprint density at radius 3 is 2.27 bits per heavy atom. The molecular formula is C15H12N4O6S. The van der Waals surface area contributed by atoms with E-state index in [0.717, 1.165) is 0 Å². The molecule has 26 heavy (non-hydrogen) atoms. The molecule has 0 unspecified atom stereocenters. The molecule has 0 spiro atoms. The third-order valence-electron chi connectivity index (χ3n) is 3.67. The number of nitro groups is 1. The lowest BCUT2D eigenvalue weighted by atomic mass is 10.2. The Labute approximate surface area is 145 Å². The minimum absolute atomic E-state index is 0.148.